The maximum absolute atomic E-state index is 12.7. The number of ether oxygens (including phenoxy) is 1. The molecule has 0 N–H and O–H groups in total. The molecule has 0 amide bonds. The van der Waals surface area contributed by atoms with Crippen molar-refractivity contribution in [1.82, 2.24) is 18.7 Å². The molecule has 2 aromatic heterocycles. The van der Waals surface area contributed by atoms with Gasteiger partial charge in [-0.25, -0.2) is 4.79 Å². The molecule has 0 bridgehead atoms. The molecule has 0 saturated heterocycles. The fraction of sp³-hybridized carbons (Fsp3) is 0.409. The molecule has 3 aromatic rings. The Kier molecular flexibility index (Phi) is 5.13. The van der Waals surface area contributed by atoms with E-state index in [0.29, 0.717) is 29.4 Å². The molecule has 152 valence electrons. The van der Waals surface area contributed by atoms with Gasteiger partial charge in [-0.05, 0) is 36.5 Å². The Morgan fingerprint density at radius 3 is 2.45 bits per heavy atom. The molecule has 1 aliphatic carbocycles. The summed E-state index contributed by atoms with van der Waals surface area (Å²) >= 11 is 0. The smallest absolute Gasteiger partial charge is 0.332 e. The number of hydrogen-bond donors (Lipinski definition) is 0. The van der Waals surface area contributed by atoms with Crippen molar-refractivity contribution in [2.45, 2.75) is 44.6 Å². The van der Waals surface area contributed by atoms with E-state index in [9.17, 15) is 9.59 Å². The van der Waals surface area contributed by atoms with Gasteiger partial charge in [0.1, 0.15) is 5.75 Å². The van der Waals surface area contributed by atoms with Crippen molar-refractivity contribution in [3.63, 3.8) is 0 Å². The van der Waals surface area contributed by atoms with Crippen LogP contribution in [0.25, 0.3) is 11.2 Å². The highest BCUT2D eigenvalue weighted by Crippen LogP contribution is 2.34. The summed E-state index contributed by atoms with van der Waals surface area (Å²) in [6.07, 6.45) is 8.08. The van der Waals surface area contributed by atoms with Crippen molar-refractivity contribution in [1.29, 1.82) is 0 Å². The number of nitrogens with zero attached hydrogens (tertiary/aromatic N) is 4. The Balaban J connectivity index is 1.72. The van der Waals surface area contributed by atoms with Gasteiger partial charge in [-0.3, -0.25) is 18.5 Å². The van der Waals surface area contributed by atoms with Crippen LogP contribution in [0.5, 0.6) is 11.8 Å². The predicted octanol–water partition coefficient (Wildman–Crippen LogP) is 3.46. The average molecular weight is 394 g/mol. The Morgan fingerprint density at radius 2 is 1.79 bits per heavy atom. The minimum atomic E-state index is -0.422. The van der Waals surface area contributed by atoms with E-state index < -0.39 is 11.2 Å². The first-order valence-corrected chi connectivity index (χ1v) is 10.1. The van der Waals surface area contributed by atoms with Gasteiger partial charge in [-0.1, -0.05) is 37.5 Å². The van der Waals surface area contributed by atoms with Crippen molar-refractivity contribution >= 4 is 11.2 Å². The van der Waals surface area contributed by atoms with Crippen LogP contribution in [0.4, 0.5) is 0 Å². The maximum atomic E-state index is 12.7. The van der Waals surface area contributed by atoms with Crippen LogP contribution in [0, 0.1) is 0 Å². The van der Waals surface area contributed by atoms with Crippen molar-refractivity contribution in [2.75, 3.05) is 0 Å². The molecular formula is C22H26N4O3. The summed E-state index contributed by atoms with van der Waals surface area (Å²) in [6.45, 7) is 4.11. The summed E-state index contributed by atoms with van der Waals surface area (Å²) < 4.78 is 10.1. The van der Waals surface area contributed by atoms with Gasteiger partial charge in [0.15, 0.2) is 11.2 Å². The van der Waals surface area contributed by atoms with Crippen LogP contribution in [-0.2, 0) is 20.6 Å². The summed E-state index contributed by atoms with van der Waals surface area (Å²) in [5.74, 6) is 1.27. The molecule has 1 aromatic carbocycles. The molecule has 7 heteroatoms. The van der Waals surface area contributed by atoms with E-state index in [4.69, 9.17) is 4.74 Å². The van der Waals surface area contributed by atoms with Crippen LogP contribution in [0.3, 0.4) is 0 Å². The Morgan fingerprint density at radius 1 is 1.10 bits per heavy atom. The number of hydrogen-bond acceptors (Lipinski definition) is 4. The van der Waals surface area contributed by atoms with Gasteiger partial charge in [-0.2, -0.15) is 4.98 Å². The lowest BCUT2D eigenvalue weighted by Gasteiger charge is -2.22. The van der Waals surface area contributed by atoms with Crippen molar-refractivity contribution in [3.05, 3.63) is 63.3 Å². The third kappa shape index (κ3) is 3.41. The number of aryl methyl sites for hydroxylation is 1. The second kappa shape index (κ2) is 7.73. The van der Waals surface area contributed by atoms with E-state index in [0.717, 1.165) is 4.57 Å². The predicted molar refractivity (Wildman–Crippen MR) is 113 cm³/mol. The second-order valence-corrected chi connectivity index (χ2v) is 7.68. The standard InChI is InChI=1S/C22H26N4O3/c1-4-14-26-18-19(24(2)22(28)25(3)20(18)27)23-21(26)29-17-12-10-16(11-13-17)15-8-6-5-7-9-15/h4,10-13,15H,1,5-9,14H2,2-3H3. The first-order chi connectivity index (χ1) is 14.0. The zero-order valence-electron chi connectivity index (χ0n) is 16.9. The summed E-state index contributed by atoms with van der Waals surface area (Å²) in [6, 6.07) is 8.38. The molecule has 0 atom stereocenters. The SMILES string of the molecule is C=CCn1c(Oc2ccc(C3CCCCC3)cc2)nc2c1c(=O)n(C)c(=O)n2C. The molecule has 1 aliphatic rings. The first kappa shape index (κ1) is 19.2. The monoisotopic (exact) mass is 394 g/mol. The summed E-state index contributed by atoms with van der Waals surface area (Å²) in [5, 5.41) is 0. The van der Waals surface area contributed by atoms with Gasteiger partial charge in [0.2, 0.25) is 0 Å². The van der Waals surface area contributed by atoms with Crippen LogP contribution in [0.2, 0.25) is 0 Å². The van der Waals surface area contributed by atoms with E-state index in [1.165, 1.54) is 49.3 Å². The molecule has 0 radical (unpaired) electrons. The highest BCUT2D eigenvalue weighted by atomic mass is 16.5. The van der Waals surface area contributed by atoms with Gasteiger partial charge in [-0.15, -0.1) is 6.58 Å². The van der Waals surface area contributed by atoms with E-state index in [1.54, 1.807) is 17.7 Å². The van der Waals surface area contributed by atoms with E-state index in [2.05, 4.69) is 23.7 Å². The zero-order valence-corrected chi connectivity index (χ0v) is 16.9. The summed E-state index contributed by atoms with van der Waals surface area (Å²) in [5.41, 5.74) is 1.14. The lowest BCUT2D eigenvalue weighted by atomic mass is 9.84. The molecular weight excluding hydrogens is 368 g/mol. The summed E-state index contributed by atoms with van der Waals surface area (Å²) in [7, 11) is 3.05. The molecule has 0 unspecified atom stereocenters. The lowest BCUT2D eigenvalue weighted by molar-refractivity contribution is 0.420. The quantitative estimate of drug-likeness (QED) is 0.622. The average Bonchev–Trinajstić information content (AvgIpc) is 3.10. The highest BCUT2D eigenvalue weighted by molar-refractivity contribution is 5.72. The number of aromatic nitrogens is 4. The van der Waals surface area contributed by atoms with E-state index in [-0.39, 0.29) is 6.01 Å². The molecule has 7 nitrogen and oxygen atoms in total. The van der Waals surface area contributed by atoms with E-state index in [1.807, 2.05) is 12.1 Å². The van der Waals surface area contributed by atoms with Gasteiger partial charge in [0, 0.05) is 20.6 Å². The topological polar surface area (TPSA) is 71.1 Å². The largest absolute Gasteiger partial charge is 0.425 e. The minimum Gasteiger partial charge on any atom is -0.425 e. The van der Waals surface area contributed by atoms with Crippen LogP contribution in [0.15, 0.2) is 46.5 Å². The fourth-order valence-electron chi connectivity index (χ4n) is 4.15. The molecule has 2 heterocycles. The van der Waals surface area contributed by atoms with Gasteiger partial charge >= 0.3 is 11.7 Å². The van der Waals surface area contributed by atoms with Crippen molar-refractivity contribution < 1.29 is 4.74 Å². The Hall–Kier alpha value is -3.09. The number of allylic oxidation sites excluding steroid dienone is 1. The third-order valence-electron chi connectivity index (χ3n) is 5.79. The second-order valence-electron chi connectivity index (χ2n) is 7.68. The maximum Gasteiger partial charge on any atom is 0.332 e. The molecule has 29 heavy (non-hydrogen) atoms. The molecule has 4 rings (SSSR count). The normalized spacial score (nSPS) is 15.0. The van der Waals surface area contributed by atoms with Gasteiger partial charge < -0.3 is 4.74 Å². The number of fused-ring (bicyclic) bond motifs is 1. The minimum absolute atomic E-state index is 0.267. The van der Waals surface area contributed by atoms with Crippen molar-refractivity contribution in [2.24, 2.45) is 14.1 Å². The molecule has 1 fully saturated rings. The van der Waals surface area contributed by atoms with Crippen LogP contribution < -0.4 is 16.0 Å². The van der Waals surface area contributed by atoms with Crippen LogP contribution >= 0.6 is 0 Å². The molecule has 0 aliphatic heterocycles. The van der Waals surface area contributed by atoms with Gasteiger partial charge in [0.25, 0.3) is 5.56 Å². The Labute approximate surface area is 168 Å². The Bertz CT molecular complexity index is 1160. The fourth-order valence-corrected chi connectivity index (χ4v) is 4.15. The zero-order chi connectivity index (χ0) is 20.5. The summed E-state index contributed by atoms with van der Waals surface area (Å²) in [4.78, 5) is 29.4. The number of benzene rings is 1. The molecule has 1 saturated carbocycles. The van der Waals surface area contributed by atoms with Crippen LogP contribution in [-0.4, -0.2) is 18.7 Å². The first-order valence-electron chi connectivity index (χ1n) is 10.1. The van der Waals surface area contributed by atoms with Crippen molar-refractivity contribution in [3.8, 4) is 11.8 Å². The van der Waals surface area contributed by atoms with E-state index >= 15 is 0 Å². The lowest BCUT2D eigenvalue weighted by Crippen LogP contribution is -2.37. The number of imidazole rings is 1. The highest BCUT2D eigenvalue weighted by Gasteiger charge is 2.20. The third-order valence-corrected chi connectivity index (χ3v) is 5.79. The number of rotatable bonds is 5. The van der Waals surface area contributed by atoms with Gasteiger partial charge in [0.05, 0.1) is 0 Å². The van der Waals surface area contributed by atoms with Crippen LogP contribution in [0.1, 0.15) is 43.6 Å². The molecule has 0 spiro atoms.